The molecule has 2 heterocycles. The van der Waals surface area contributed by atoms with Crippen LogP contribution in [0.1, 0.15) is 15.9 Å². The predicted molar refractivity (Wildman–Crippen MR) is 88.4 cm³/mol. The summed E-state index contributed by atoms with van der Waals surface area (Å²) in [7, 11) is 4.37. The van der Waals surface area contributed by atoms with Crippen LogP contribution >= 0.6 is 0 Å². The third-order valence-corrected chi connectivity index (χ3v) is 5.13. The zero-order valence-corrected chi connectivity index (χ0v) is 14.7. The van der Waals surface area contributed by atoms with Crippen molar-refractivity contribution in [1.29, 1.82) is 0 Å². The largest absolute Gasteiger partial charge is 0.496 e. The van der Waals surface area contributed by atoms with Gasteiger partial charge in [-0.15, -0.1) is 0 Å². The van der Waals surface area contributed by atoms with E-state index in [1.165, 1.54) is 14.2 Å². The van der Waals surface area contributed by atoms with E-state index in [1.54, 1.807) is 25.3 Å². The highest BCUT2D eigenvalue weighted by atomic mass is 16.5. The Labute approximate surface area is 146 Å². The summed E-state index contributed by atoms with van der Waals surface area (Å²) in [5, 5.41) is 0. The van der Waals surface area contributed by atoms with Gasteiger partial charge in [-0.25, -0.2) is 4.79 Å². The van der Waals surface area contributed by atoms with E-state index in [0.29, 0.717) is 37.6 Å². The number of nitrogens with zero attached hydrogens (tertiary/aromatic N) is 1. The smallest absolute Gasteiger partial charge is 0.337 e. The van der Waals surface area contributed by atoms with Gasteiger partial charge in [0.25, 0.3) is 0 Å². The number of benzene rings is 1. The van der Waals surface area contributed by atoms with Crippen molar-refractivity contribution in [1.82, 2.24) is 4.90 Å². The highest BCUT2D eigenvalue weighted by molar-refractivity contribution is 5.89. The van der Waals surface area contributed by atoms with Crippen LogP contribution in [0.3, 0.4) is 0 Å². The molecule has 7 nitrogen and oxygen atoms in total. The quantitative estimate of drug-likeness (QED) is 0.737. The van der Waals surface area contributed by atoms with Crippen molar-refractivity contribution in [2.24, 2.45) is 11.3 Å². The van der Waals surface area contributed by atoms with Gasteiger partial charge in [0.05, 0.1) is 40.1 Å². The first kappa shape index (κ1) is 17.7. The van der Waals surface area contributed by atoms with Gasteiger partial charge in [-0.1, -0.05) is 0 Å². The molecule has 0 radical (unpaired) electrons. The fraction of sp³-hybridized carbons (Fsp3) is 0.556. The Hall–Kier alpha value is -2.12. The van der Waals surface area contributed by atoms with E-state index in [2.05, 4.69) is 4.90 Å². The molecule has 2 aliphatic rings. The average Bonchev–Trinajstić information content (AvgIpc) is 3.18. The van der Waals surface area contributed by atoms with Gasteiger partial charge in [0.2, 0.25) is 0 Å². The molecule has 0 saturated carbocycles. The Balaban J connectivity index is 1.81. The third kappa shape index (κ3) is 3.09. The average molecular weight is 349 g/mol. The Morgan fingerprint density at radius 2 is 2.08 bits per heavy atom. The van der Waals surface area contributed by atoms with Crippen molar-refractivity contribution in [3.63, 3.8) is 0 Å². The number of ether oxygens (including phenoxy) is 4. The van der Waals surface area contributed by atoms with Crippen LogP contribution in [0.4, 0.5) is 0 Å². The molecule has 0 bridgehead atoms. The van der Waals surface area contributed by atoms with E-state index in [4.69, 9.17) is 18.9 Å². The summed E-state index contributed by atoms with van der Waals surface area (Å²) in [6.45, 7) is 2.82. The highest BCUT2D eigenvalue weighted by Gasteiger charge is 2.56. The number of fused-ring (bicyclic) bond motifs is 1. The lowest BCUT2D eigenvalue weighted by Crippen LogP contribution is -2.40. The summed E-state index contributed by atoms with van der Waals surface area (Å²) >= 11 is 0. The van der Waals surface area contributed by atoms with E-state index < -0.39 is 5.41 Å². The molecular weight excluding hydrogens is 326 g/mol. The monoisotopic (exact) mass is 349 g/mol. The predicted octanol–water partition coefficient (Wildman–Crippen LogP) is 1.10. The van der Waals surface area contributed by atoms with Crippen LogP contribution in [0, 0.1) is 11.3 Å². The first-order valence-corrected chi connectivity index (χ1v) is 8.18. The number of carbonyl (C=O) groups excluding carboxylic acids is 2. The van der Waals surface area contributed by atoms with Crippen molar-refractivity contribution < 1.29 is 28.5 Å². The highest BCUT2D eigenvalue weighted by Crippen LogP contribution is 2.43. The van der Waals surface area contributed by atoms with Gasteiger partial charge in [0, 0.05) is 31.1 Å². The molecule has 0 amide bonds. The van der Waals surface area contributed by atoms with Gasteiger partial charge in [0.15, 0.2) is 0 Å². The van der Waals surface area contributed by atoms with Gasteiger partial charge >= 0.3 is 11.9 Å². The maximum atomic E-state index is 12.3. The van der Waals surface area contributed by atoms with Crippen LogP contribution in [-0.2, 0) is 25.5 Å². The van der Waals surface area contributed by atoms with E-state index in [9.17, 15) is 9.59 Å². The van der Waals surface area contributed by atoms with Gasteiger partial charge in [-0.05, 0) is 18.2 Å². The zero-order valence-electron chi connectivity index (χ0n) is 14.7. The molecule has 2 saturated heterocycles. The minimum absolute atomic E-state index is 0.120. The van der Waals surface area contributed by atoms with Crippen LogP contribution in [0.25, 0.3) is 0 Å². The first-order chi connectivity index (χ1) is 12.0. The van der Waals surface area contributed by atoms with Crippen LogP contribution in [0.15, 0.2) is 18.2 Å². The van der Waals surface area contributed by atoms with E-state index >= 15 is 0 Å². The Morgan fingerprint density at radius 3 is 2.76 bits per heavy atom. The van der Waals surface area contributed by atoms with Crippen molar-refractivity contribution in [3.05, 3.63) is 29.3 Å². The number of likely N-dealkylation sites (tertiary alicyclic amines) is 1. The summed E-state index contributed by atoms with van der Waals surface area (Å²) in [4.78, 5) is 26.3. The summed E-state index contributed by atoms with van der Waals surface area (Å²) in [6.07, 6.45) is 0. The van der Waals surface area contributed by atoms with Crippen molar-refractivity contribution >= 4 is 11.9 Å². The molecule has 2 atom stereocenters. The Bertz CT molecular complexity index is 676. The minimum atomic E-state index is -0.595. The summed E-state index contributed by atoms with van der Waals surface area (Å²) in [5.41, 5.74) is 0.761. The van der Waals surface area contributed by atoms with Gasteiger partial charge in [-0.3, -0.25) is 9.69 Å². The molecule has 0 N–H and O–H groups in total. The Kier molecular flexibility index (Phi) is 4.96. The molecule has 136 valence electrons. The zero-order chi connectivity index (χ0) is 18.0. The molecule has 2 fully saturated rings. The number of methoxy groups -OCH3 is 3. The number of hydrogen-bond acceptors (Lipinski definition) is 7. The summed E-state index contributed by atoms with van der Waals surface area (Å²) in [5.74, 6) is 0.220. The van der Waals surface area contributed by atoms with Crippen molar-refractivity contribution in [2.45, 2.75) is 6.54 Å². The molecule has 0 aliphatic carbocycles. The van der Waals surface area contributed by atoms with Crippen LogP contribution in [0.5, 0.6) is 5.75 Å². The van der Waals surface area contributed by atoms with E-state index in [-0.39, 0.29) is 17.9 Å². The number of carbonyl (C=O) groups is 2. The molecule has 25 heavy (non-hydrogen) atoms. The molecule has 2 aliphatic heterocycles. The molecule has 7 heteroatoms. The van der Waals surface area contributed by atoms with Crippen LogP contribution in [0.2, 0.25) is 0 Å². The standard InChI is InChI=1S/C18H23NO6/c1-22-15-5-4-12(16(20)23-2)6-13(15)7-19-8-14-9-25-11-18(14,10-19)17(21)24-3/h4-6,14H,7-11H2,1-3H3/t14-,18-/m0/s1. The lowest BCUT2D eigenvalue weighted by molar-refractivity contribution is -0.153. The third-order valence-electron chi connectivity index (χ3n) is 5.13. The number of esters is 2. The Morgan fingerprint density at radius 1 is 1.28 bits per heavy atom. The fourth-order valence-electron chi connectivity index (χ4n) is 3.84. The van der Waals surface area contributed by atoms with Crippen molar-refractivity contribution in [3.8, 4) is 5.75 Å². The van der Waals surface area contributed by atoms with E-state index in [1.807, 2.05) is 0 Å². The van der Waals surface area contributed by atoms with Crippen LogP contribution < -0.4 is 4.74 Å². The lowest BCUT2D eigenvalue weighted by Gasteiger charge is -2.24. The SMILES string of the molecule is COC(=O)c1ccc(OC)c(CN2C[C@H]3COC[C@@]3(C(=O)OC)C2)c1. The second kappa shape index (κ2) is 7.01. The normalized spacial score (nSPS) is 25.5. The van der Waals surface area contributed by atoms with Crippen LogP contribution in [-0.4, -0.2) is 64.5 Å². The summed E-state index contributed by atoms with van der Waals surface area (Å²) in [6, 6.07) is 5.22. The second-order valence-electron chi connectivity index (χ2n) is 6.55. The lowest BCUT2D eigenvalue weighted by atomic mass is 9.81. The number of hydrogen-bond donors (Lipinski definition) is 0. The molecule has 1 aromatic carbocycles. The second-order valence-corrected chi connectivity index (χ2v) is 6.55. The molecule has 0 unspecified atom stereocenters. The maximum Gasteiger partial charge on any atom is 0.337 e. The first-order valence-electron chi connectivity index (χ1n) is 8.18. The van der Waals surface area contributed by atoms with Crippen molar-refractivity contribution in [2.75, 3.05) is 47.6 Å². The van der Waals surface area contributed by atoms with Gasteiger partial charge < -0.3 is 18.9 Å². The fourth-order valence-corrected chi connectivity index (χ4v) is 3.84. The minimum Gasteiger partial charge on any atom is -0.496 e. The topological polar surface area (TPSA) is 74.3 Å². The molecule has 1 aromatic rings. The molecular formula is C18H23NO6. The van der Waals surface area contributed by atoms with Gasteiger partial charge in [0.1, 0.15) is 11.2 Å². The summed E-state index contributed by atoms with van der Waals surface area (Å²) < 4.78 is 20.8. The molecule has 3 rings (SSSR count). The molecule has 0 spiro atoms. The maximum absolute atomic E-state index is 12.3. The number of rotatable bonds is 5. The van der Waals surface area contributed by atoms with E-state index in [0.717, 1.165) is 12.1 Å². The molecule has 0 aromatic heterocycles. The van der Waals surface area contributed by atoms with Gasteiger partial charge in [-0.2, -0.15) is 0 Å².